The molecule has 0 atom stereocenters. The minimum absolute atomic E-state index is 0.328. The molecule has 0 fully saturated rings. The summed E-state index contributed by atoms with van der Waals surface area (Å²) in [5.74, 6) is 0. The van der Waals surface area contributed by atoms with E-state index in [0.29, 0.717) is 7.92 Å². The van der Waals surface area contributed by atoms with Gasteiger partial charge in [-0.3, -0.25) is 0 Å². The SMILES string of the molecule is CC1=C(C)CP(CCN(C)C)C1. The second-order valence-electron chi connectivity index (χ2n) is 4.07. The maximum atomic E-state index is 2.30. The van der Waals surface area contributed by atoms with Gasteiger partial charge in [-0.05, 0) is 46.4 Å². The summed E-state index contributed by atoms with van der Waals surface area (Å²) >= 11 is 0. The molecule has 0 saturated heterocycles. The molecule has 1 nitrogen and oxygen atoms in total. The fraction of sp³-hybridized carbons (Fsp3) is 0.800. The third kappa shape index (κ3) is 2.88. The second kappa shape index (κ2) is 4.39. The Labute approximate surface area is 77.6 Å². The predicted octanol–water partition coefficient (Wildman–Crippen LogP) is 2.38. The van der Waals surface area contributed by atoms with Gasteiger partial charge < -0.3 is 4.90 Å². The van der Waals surface area contributed by atoms with E-state index in [1.807, 2.05) is 0 Å². The first-order valence-corrected chi connectivity index (χ1v) is 6.51. The summed E-state index contributed by atoms with van der Waals surface area (Å²) in [5.41, 5.74) is 3.33. The van der Waals surface area contributed by atoms with Gasteiger partial charge >= 0.3 is 0 Å². The topological polar surface area (TPSA) is 3.24 Å². The van der Waals surface area contributed by atoms with Gasteiger partial charge in [-0.1, -0.05) is 19.1 Å². The van der Waals surface area contributed by atoms with Gasteiger partial charge in [0, 0.05) is 6.54 Å². The molecule has 1 aliphatic heterocycles. The van der Waals surface area contributed by atoms with Gasteiger partial charge in [-0.2, -0.15) is 0 Å². The third-order valence-corrected chi connectivity index (χ3v) is 5.19. The quantitative estimate of drug-likeness (QED) is 0.482. The molecule has 0 aromatic carbocycles. The zero-order chi connectivity index (χ0) is 9.14. The van der Waals surface area contributed by atoms with E-state index in [1.54, 1.807) is 11.1 Å². The first-order chi connectivity index (χ1) is 5.59. The molecular formula is C10H20NP. The summed E-state index contributed by atoms with van der Waals surface area (Å²) in [5, 5.41) is 0. The number of allylic oxidation sites excluding steroid dienone is 2. The average Bonchev–Trinajstić information content (AvgIpc) is 2.28. The molecule has 0 amide bonds. The fourth-order valence-corrected chi connectivity index (χ4v) is 4.49. The van der Waals surface area contributed by atoms with Gasteiger partial charge in [0.05, 0.1) is 0 Å². The Balaban J connectivity index is 2.23. The number of rotatable bonds is 3. The summed E-state index contributed by atoms with van der Waals surface area (Å²) in [6.07, 6.45) is 4.25. The van der Waals surface area contributed by atoms with Crippen LogP contribution in [0.25, 0.3) is 0 Å². The fourth-order valence-electron chi connectivity index (χ4n) is 1.50. The molecule has 0 aromatic rings. The van der Waals surface area contributed by atoms with E-state index in [0.717, 1.165) is 0 Å². The van der Waals surface area contributed by atoms with E-state index < -0.39 is 0 Å². The van der Waals surface area contributed by atoms with Crippen molar-refractivity contribution in [2.45, 2.75) is 13.8 Å². The van der Waals surface area contributed by atoms with Gasteiger partial charge in [0.1, 0.15) is 0 Å². The van der Waals surface area contributed by atoms with Crippen molar-refractivity contribution in [2.24, 2.45) is 0 Å². The van der Waals surface area contributed by atoms with Crippen molar-refractivity contribution in [1.29, 1.82) is 0 Å². The third-order valence-electron chi connectivity index (χ3n) is 2.51. The Bertz CT molecular complexity index is 170. The van der Waals surface area contributed by atoms with Crippen LogP contribution in [-0.2, 0) is 0 Å². The van der Waals surface area contributed by atoms with Crippen LogP contribution in [-0.4, -0.2) is 44.0 Å². The zero-order valence-electron chi connectivity index (χ0n) is 8.72. The minimum atomic E-state index is 0.328. The van der Waals surface area contributed by atoms with Crippen molar-refractivity contribution >= 4 is 7.92 Å². The standard InChI is InChI=1S/C10H20NP/c1-9-7-12(8-10(9)2)6-5-11(3)4/h5-8H2,1-4H3. The van der Waals surface area contributed by atoms with Crippen LogP contribution in [0.2, 0.25) is 0 Å². The molecule has 0 aliphatic carbocycles. The van der Waals surface area contributed by atoms with E-state index in [-0.39, 0.29) is 0 Å². The van der Waals surface area contributed by atoms with Crippen LogP contribution in [0.3, 0.4) is 0 Å². The van der Waals surface area contributed by atoms with Gasteiger partial charge in [0.15, 0.2) is 0 Å². The van der Waals surface area contributed by atoms with Crippen LogP contribution in [0.5, 0.6) is 0 Å². The molecule has 1 heterocycles. The van der Waals surface area contributed by atoms with Crippen LogP contribution in [0.15, 0.2) is 11.1 Å². The molecule has 0 saturated carbocycles. The molecule has 0 aromatic heterocycles. The van der Waals surface area contributed by atoms with Crippen molar-refractivity contribution in [3.8, 4) is 0 Å². The lowest BCUT2D eigenvalue weighted by molar-refractivity contribution is 0.436. The van der Waals surface area contributed by atoms with Crippen molar-refractivity contribution in [2.75, 3.05) is 39.1 Å². The van der Waals surface area contributed by atoms with E-state index in [4.69, 9.17) is 0 Å². The van der Waals surface area contributed by atoms with Crippen LogP contribution < -0.4 is 0 Å². The Hall–Kier alpha value is 0.130. The monoisotopic (exact) mass is 185 g/mol. The first kappa shape index (κ1) is 10.2. The van der Waals surface area contributed by atoms with Gasteiger partial charge in [-0.25, -0.2) is 0 Å². The van der Waals surface area contributed by atoms with E-state index in [1.165, 1.54) is 25.0 Å². The number of hydrogen-bond acceptors (Lipinski definition) is 1. The smallest absolute Gasteiger partial charge is 0.00148 e. The lowest BCUT2D eigenvalue weighted by Gasteiger charge is -2.14. The first-order valence-electron chi connectivity index (χ1n) is 4.62. The zero-order valence-corrected chi connectivity index (χ0v) is 9.62. The molecule has 1 aliphatic rings. The molecule has 0 radical (unpaired) electrons. The van der Waals surface area contributed by atoms with Crippen molar-refractivity contribution in [1.82, 2.24) is 4.90 Å². The van der Waals surface area contributed by atoms with E-state index in [9.17, 15) is 0 Å². The summed E-state index contributed by atoms with van der Waals surface area (Å²) < 4.78 is 0. The van der Waals surface area contributed by atoms with E-state index in [2.05, 4.69) is 32.8 Å². The maximum Gasteiger partial charge on any atom is 0.00148 e. The number of nitrogens with zero attached hydrogens (tertiary/aromatic N) is 1. The van der Waals surface area contributed by atoms with E-state index >= 15 is 0 Å². The molecule has 0 unspecified atom stereocenters. The lowest BCUT2D eigenvalue weighted by Crippen LogP contribution is -2.16. The van der Waals surface area contributed by atoms with Crippen molar-refractivity contribution < 1.29 is 0 Å². The number of hydrogen-bond donors (Lipinski definition) is 0. The van der Waals surface area contributed by atoms with Crippen molar-refractivity contribution in [3.63, 3.8) is 0 Å². The lowest BCUT2D eigenvalue weighted by atomic mass is 10.2. The predicted molar refractivity (Wildman–Crippen MR) is 58.4 cm³/mol. The Morgan fingerprint density at radius 2 is 1.67 bits per heavy atom. The highest BCUT2D eigenvalue weighted by molar-refractivity contribution is 7.58. The molecule has 70 valence electrons. The molecule has 0 bridgehead atoms. The Kier molecular flexibility index (Phi) is 3.74. The summed E-state index contributed by atoms with van der Waals surface area (Å²) in [6, 6.07) is 0. The maximum absolute atomic E-state index is 2.30. The van der Waals surface area contributed by atoms with Gasteiger partial charge in [0.2, 0.25) is 0 Å². The Morgan fingerprint density at radius 1 is 1.17 bits per heavy atom. The van der Waals surface area contributed by atoms with Crippen molar-refractivity contribution in [3.05, 3.63) is 11.1 Å². The van der Waals surface area contributed by atoms with Crippen LogP contribution in [0.4, 0.5) is 0 Å². The molecule has 12 heavy (non-hydrogen) atoms. The largest absolute Gasteiger partial charge is 0.309 e. The molecule has 2 heteroatoms. The second-order valence-corrected chi connectivity index (χ2v) is 6.50. The molecular weight excluding hydrogens is 165 g/mol. The molecule has 0 spiro atoms. The highest BCUT2D eigenvalue weighted by atomic mass is 31.1. The van der Waals surface area contributed by atoms with Crippen LogP contribution in [0, 0.1) is 0 Å². The van der Waals surface area contributed by atoms with Crippen LogP contribution in [0.1, 0.15) is 13.8 Å². The normalized spacial score (nSPS) is 19.8. The average molecular weight is 185 g/mol. The molecule has 0 N–H and O–H groups in total. The van der Waals surface area contributed by atoms with Crippen LogP contribution >= 0.6 is 7.92 Å². The Morgan fingerprint density at radius 3 is 2.08 bits per heavy atom. The summed E-state index contributed by atoms with van der Waals surface area (Å²) in [7, 11) is 4.66. The van der Waals surface area contributed by atoms with Gasteiger partial charge in [-0.15, -0.1) is 0 Å². The summed E-state index contributed by atoms with van der Waals surface area (Å²) in [6.45, 7) is 5.87. The summed E-state index contributed by atoms with van der Waals surface area (Å²) in [4.78, 5) is 2.30. The van der Waals surface area contributed by atoms with Gasteiger partial charge in [0.25, 0.3) is 0 Å². The highest BCUT2D eigenvalue weighted by Gasteiger charge is 2.17. The molecule has 1 rings (SSSR count). The minimum Gasteiger partial charge on any atom is -0.309 e. The highest BCUT2D eigenvalue weighted by Crippen LogP contribution is 2.45.